The van der Waals surface area contributed by atoms with E-state index in [2.05, 4.69) is 52.4 Å². The molecule has 0 atom stereocenters. The Labute approximate surface area is 164 Å². The third-order valence-electron chi connectivity index (χ3n) is 5.77. The van der Waals surface area contributed by atoms with Gasteiger partial charge in [0, 0.05) is 4.88 Å². The van der Waals surface area contributed by atoms with Crippen LogP contribution in [0.3, 0.4) is 0 Å². The molecule has 0 spiro atoms. The van der Waals surface area contributed by atoms with E-state index in [0.717, 1.165) is 32.7 Å². The number of aromatic nitrogens is 2. The number of nitrogens with one attached hydrogen (secondary N) is 1. The van der Waals surface area contributed by atoms with Gasteiger partial charge in [0.05, 0.1) is 38.1 Å². The van der Waals surface area contributed by atoms with Crippen LogP contribution < -0.4 is 9.80 Å². The zero-order chi connectivity index (χ0) is 18.1. The number of quaternary nitrogens is 1. The van der Waals surface area contributed by atoms with Gasteiger partial charge in [-0.05, 0) is 36.5 Å². The summed E-state index contributed by atoms with van der Waals surface area (Å²) in [7, 11) is 0. The van der Waals surface area contributed by atoms with Crippen molar-refractivity contribution in [2.45, 2.75) is 19.3 Å². The molecular weight excluding hydrogens is 352 g/mol. The number of aryl methyl sites for hydroxylation is 2. The fourth-order valence-corrected chi connectivity index (χ4v) is 5.54. The molecule has 3 aromatic rings. The summed E-state index contributed by atoms with van der Waals surface area (Å²) in [6, 6.07) is 10.6. The van der Waals surface area contributed by atoms with Crippen LogP contribution in [0, 0.1) is 0 Å². The molecular formula is C22H25N4S+. The van der Waals surface area contributed by atoms with E-state index in [1.165, 1.54) is 46.4 Å². The molecule has 0 radical (unpaired) electrons. The normalized spacial score (nSPS) is 17.9. The number of benzene rings is 1. The van der Waals surface area contributed by atoms with Gasteiger partial charge in [0.25, 0.3) is 0 Å². The standard InChI is InChI=1S/C22H24N4S/c1-2-6-17(7-3-1)8-5-11-25-12-14-26(15-13-25)21-20-18-9-4-10-19(18)27-22(20)24-16-23-21/h1-3,5-8,16H,4,9-15H2/p+1/b8-5+. The second kappa shape index (κ2) is 7.41. The lowest BCUT2D eigenvalue weighted by Crippen LogP contribution is -3.14. The third kappa shape index (κ3) is 3.37. The van der Waals surface area contributed by atoms with Gasteiger partial charge < -0.3 is 9.80 Å². The van der Waals surface area contributed by atoms with E-state index in [1.54, 1.807) is 16.1 Å². The van der Waals surface area contributed by atoms with E-state index in [0.29, 0.717) is 0 Å². The van der Waals surface area contributed by atoms with E-state index in [1.807, 2.05) is 11.3 Å². The van der Waals surface area contributed by atoms with Gasteiger partial charge in [-0.15, -0.1) is 11.3 Å². The quantitative estimate of drug-likeness (QED) is 0.759. The van der Waals surface area contributed by atoms with Gasteiger partial charge in [-0.2, -0.15) is 0 Å². The van der Waals surface area contributed by atoms with Crippen LogP contribution in [0.25, 0.3) is 16.3 Å². The largest absolute Gasteiger partial charge is 0.345 e. The zero-order valence-electron chi connectivity index (χ0n) is 15.5. The molecule has 1 fully saturated rings. The van der Waals surface area contributed by atoms with Crippen molar-refractivity contribution in [2.24, 2.45) is 0 Å². The highest BCUT2D eigenvalue weighted by Gasteiger charge is 2.26. The molecule has 1 aliphatic carbocycles. The van der Waals surface area contributed by atoms with E-state index in [4.69, 9.17) is 4.98 Å². The van der Waals surface area contributed by atoms with E-state index in [9.17, 15) is 0 Å². The molecule has 1 aliphatic heterocycles. The van der Waals surface area contributed by atoms with E-state index >= 15 is 0 Å². The Balaban J connectivity index is 1.26. The Kier molecular flexibility index (Phi) is 4.64. The summed E-state index contributed by atoms with van der Waals surface area (Å²) >= 11 is 1.88. The first kappa shape index (κ1) is 16.9. The van der Waals surface area contributed by atoms with Gasteiger partial charge >= 0.3 is 0 Å². The molecule has 27 heavy (non-hydrogen) atoms. The number of rotatable bonds is 4. The van der Waals surface area contributed by atoms with Crippen LogP contribution in [0.15, 0.2) is 42.7 Å². The molecule has 0 bridgehead atoms. The van der Waals surface area contributed by atoms with E-state index < -0.39 is 0 Å². The molecule has 2 aromatic heterocycles. The first-order valence-corrected chi connectivity index (χ1v) is 10.8. The maximum atomic E-state index is 4.71. The molecule has 0 unspecified atom stereocenters. The minimum Gasteiger partial charge on any atom is -0.345 e. The molecule has 0 saturated carbocycles. The van der Waals surface area contributed by atoms with Crippen LogP contribution in [0.4, 0.5) is 5.82 Å². The van der Waals surface area contributed by atoms with Crippen LogP contribution in [-0.2, 0) is 12.8 Å². The van der Waals surface area contributed by atoms with Gasteiger partial charge in [0.2, 0.25) is 0 Å². The van der Waals surface area contributed by atoms with Gasteiger partial charge in [0.15, 0.2) is 0 Å². The number of hydrogen-bond donors (Lipinski definition) is 1. The zero-order valence-corrected chi connectivity index (χ0v) is 16.3. The van der Waals surface area contributed by atoms with Crippen molar-refractivity contribution in [1.82, 2.24) is 9.97 Å². The Morgan fingerprint density at radius 2 is 1.93 bits per heavy atom. The first-order valence-electron chi connectivity index (χ1n) is 9.94. The maximum Gasteiger partial charge on any atom is 0.141 e. The lowest BCUT2D eigenvalue weighted by Gasteiger charge is -2.32. The lowest BCUT2D eigenvalue weighted by molar-refractivity contribution is -0.894. The number of fused-ring (bicyclic) bond motifs is 3. The Bertz CT molecular complexity index is 955. The summed E-state index contributed by atoms with van der Waals surface area (Å²) in [6.45, 7) is 5.57. The molecule has 2 aliphatic rings. The Hall–Kier alpha value is -2.24. The van der Waals surface area contributed by atoms with Crippen LogP contribution >= 0.6 is 11.3 Å². The average molecular weight is 378 g/mol. The molecule has 138 valence electrons. The summed E-state index contributed by atoms with van der Waals surface area (Å²) in [5, 5.41) is 1.35. The van der Waals surface area contributed by atoms with Crippen LogP contribution in [0.2, 0.25) is 0 Å². The number of piperazine rings is 1. The summed E-state index contributed by atoms with van der Waals surface area (Å²) in [4.78, 5) is 16.1. The fraction of sp³-hybridized carbons (Fsp3) is 0.364. The third-order valence-corrected chi connectivity index (χ3v) is 6.97. The van der Waals surface area contributed by atoms with Crippen LogP contribution in [-0.4, -0.2) is 42.7 Å². The van der Waals surface area contributed by atoms with Crippen molar-refractivity contribution >= 4 is 33.4 Å². The lowest BCUT2D eigenvalue weighted by atomic mass is 10.1. The second-order valence-corrected chi connectivity index (χ2v) is 8.57. The predicted octanol–water partition coefficient (Wildman–Crippen LogP) is 2.60. The van der Waals surface area contributed by atoms with E-state index in [-0.39, 0.29) is 0 Å². The predicted molar refractivity (Wildman–Crippen MR) is 113 cm³/mol. The molecule has 1 saturated heterocycles. The van der Waals surface area contributed by atoms with Crippen molar-refractivity contribution in [1.29, 1.82) is 0 Å². The van der Waals surface area contributed by atoms with Crippen molar-refractivity contribution in [2.75, 3.05) is 37.6 Å². The first-order chi connectivity index (χ1) is 13.4. The molecule has 1 aromatic carbocycles. The molecule has 5 heteroatoms. The van der Waals surface area contributed by atoms with Gasteiger partial charge in [-0.1, -0.05) is 36.4 Å². The topological polar surface area (TPSA) is 33.5 Å². The molecule has 5 rings (SSSR count). The summed E-state index contributed by atoms with van der Waals surface area (Å²) in [5.74, 6) is 1.18. The van der Waals surface area contributed by atoms with Gasteiger partial charge in [-0.25, -0.2) is 9.97 Å². The maximum absolute atomic E-state index is 4.71. The highest BCUT2D eigenvalue weighted by Crippen LogP contribution is 2.40. The van der Waals surface area contributed by atoms with Crippen molar-refractivity contribution in [3.05, 3.63) is 58.7 Å². The van der Waals surface area contributed by atoms with Crippen molar-refractivity contribution < 1.29 is 4.90 Å². The van der Waals surface area contributed by atoms with Gasteiger partial charge in [0.1, 0.15) is 17.0 Å². The highest BCUT2D eigenvalue weighted by molar-refractivity contribution is 7.19. The Morgan fingerprint density at radius 3 is 2.78 bits per heavy atom. The molecule has 0 amide bonds. The summed E-state index contributed by atoms with van der Waals surface area (Å²) in [5.41, 5.74) is 2.82. The number of thiophene rings is 1. The Morgan fingerprint density at radius 1 is 1.07 bits per heavy atom. The average Bonchev–Trinajstić information content (AvgIpc) is 3.30. The number of nitrogens with zero attached hydrogens (tertiary/aromatic N) is 3. The van der Waals surface area contributed by atoms with Crippen LogP contribution in [0.1, 0.15) is 22.4 Å². The molecule has 1 N–H and O–H groups in total. The summed E-state index contributed by atoms with van der Waals surface area (Å²) < 4.78 is 0. The highest BCUT2D eigenvalue weighted by atomic mass is 32.1. The number of hydrogen-bond acceptors (Lipinski definition) is 4. The monoisotopic (exact) mass is 377 g/mol. The van der Waals surface area contributed by atoms with Crippen molar-refractivity contribution in [3.63, 3.8) is 0 Å². The molecule has 4 nitrogen and oxygen atoms in total. The minimum absolute atomic E-state index is 1.07. The van der Waals surface area contributed by atoms with Gasteiger partial charge in [-0.3, -0.25) is 0 Å². The second-order valence-electron chi connectivity index (χ2n) is 7.49. The molecule has 3 heterocycles. The number of anilines is 1. The fourth-order valence-electron chi connectivity index (χ4n) is 4.32. The van der Waals surface area contributed by atoms with Crippen LogP contribution in [0.5, 0.6) is 0 Å². The summed E-state index contributed by atoms with van der Waals surface area (Å²) in [6.07, 6.45) is 10.0. The van der Waals surface area contributed by atoms with Crippen molar-refractivity contribution in [3.8, 4) is 0 Å². The SMILES string of the molecule is C(=C\c1ccccc1)/C[NH+]1CCN(c2ncnc3sc4c(c23)CCC4)CC1. The smallest absolute Gasteiger partial charge is 0.141 e. The minimum atomic E-state index is 1.07.